The lowest BCUT2D eigenvalue weighted by molar-refractivity contribution is -0.122. The number of hydrogen-bond donors (Lipinski definition) is 1. The van der Waals surface area contributed by atoms with Crippen LogP contribution in [0.15, 0.2) is 4.42 Å². The van der Waals surface area contributed by atoms with Crippen molar-refractivity contribution in [3.63, 3.8) is 0 Å². The summed E-state index contributed by atoms with van der Waals surface area (Å²) in [6.45, 7) is 12.6. The molecule has 1 aromatic rings. The standard InChI is InChI=1S/C15H28N4O2/c1-6-8-16-12(20)10-19(9-7-2)11-13-17-18-14(21-13)15(3,4)5/h6-11H2,1-5H3,(H,16,20). The first-order valence-corrected chi connectivity index (χ1v) is 7.68. The van der Waals surface area contributed by atoms with E-state index in [1.54, 1.807) is 0 Å². The molecule has 6 heteroatoms. The quantitative estimate of drug-likeness (QED) is 0.795. The van der Waals surface area contributed by atoms with Gasteiger partial charge in [0, 0.05) is 12.0 Å². The molecule has 0 aromatic carbocycles. The van der Waals surface area contributed by atoms with E-state index >= 15 is 0 Å². The fraction of sp³-hybridized carbons (Fsp3) is 0.800. The number of carbonyl (C=O) groups is 1. The van der Waals surface area contributed by atoms with E-state index in [0.29, 0.717) is 31.4 Å². The average molecular weight is 296 g/mol. The van der Waals surface area contributed by atoms with Crippen LogP contribution in [0.2, 0.25) is 0 Å². The monoisotopic (exact) mass is 296 g/mol. The van der Waals surface area contributed by atoms with Crippen molar-refractivity contribution in [2.75, 3.05) is 19.6 Å². The third-order valence-electron chi connectivity index (χ3n) is 2.95. The van der Waals surface area contributed by atoms with Crippen molar-refractivity contribution in [1.29, 1.82) is 0 Å². The smallest absolute Gasteiger partial charge is 0.234 e. The molecule has 0 radical (unpaired) electrons. The number of rotatable bonds is 8. The van der Waals surface area contributed by atoms with Crippen molar-refractivity contribution in [2.24, 2.45) is 0 Å². The van der Waals surface area contributed by atoms with Gasteiger partial charge in [-0.2, -0.15) is 0 Å². The van der Waals surface area contributed by atoms with Crippen LogP contribution in [-0.2, 0) is 16.8 Å². The zero-order valence-electron chi connectivity index (χ0n) is 13.9. The molecule has 1 rings (SSSR count). The number of nitrogens with zero attached hydrogens (tertiary/aromatic N) is 3. The van der Waals surface area contributed by atoms with Gasteiger partial charge >= 0.3 is 0 Å². The number of nitrogens with one attached hydrogen (secondary N) is 1. The zero-order chi connectivity index (χ0) is 15.9. The highest BCUT2D eigenvalue weighted by atomic mass is 16.4. The summed E-state index contributed by atoms with van der Waals surface area (Å²) in [5.41, 5.74) is -0.153. The van der Waals surface area contributed by atoms with E-state index < -0.39 is 0 Å². The second kappa shape index (κ2) is 8.12. The Balaban J connectivity index is 2.61. The maximum atomic E-state index is 11.8. The summed E-state index contributed by atoms with van der Waals surface area (Å²) < 4.78 is 5.69. The Hall–Kier alpha value is -1.43. The summed E-state index contributed by atoms with van der Waals surface area (Å²) >= 11 is 0. The Morgan fingerprint density at radius 1 is 1.24 bits per heavy atom. The Kier molecular flexibility index (Phi) is 6.81. The third-order valence-corrected chi connectivity index (χ3v) is 2.95. The molecule has 0 saturated carbocycles. The average Bonchev–Trinajstić information content (AvgIpc) is 2.85. The van der Waals surface area contributed by atoms with E-state index in [0.717, 1.165) is 19.4 Å². The zero-order valence-corrected chi connectivity index (χ0v) is 13.9. The molecule has 0 fully saturated rings. The van der Waals surface area contributed by atoms with Gasteiger partial charge < -0.3 is 9.73 Å². The predicted molar refractivity (Wildman–Crippen MR) is 81.9 cm³/mol. The Labute approximate surface area is 127 Å². The van der Waals surface area contributed by atoms with E-state index in [4.69, 9.17) is 4.42 Å². The molecule has 1 amide bonds. The highest BCUT2D eigenvalue weighted by Gasteiger charge is 2.22. The molecule has 1 N–H and O–H groups in total. The Morgan fingerprint density at radius 3 is 2.48 bits per heavy atom. The van der Waals surface area contributed by atoms with E-state index in [1.807, 2.05) is 32.6 Å². The van der Waals surface area contributed by atoms with Gasteiger partial charge in [-0.25, -0.2) is 0 Å². The first-order valence-electron chi connectivity index (χ1n) is 7.68. The van der Waals surface area contributed by atoms with Gasteiger partial charge in [-0.05, 0) is 19.4 Å². The van der Waals surface area contributed by atoms with Crippen LogP contribution in [0.4, 0.5) is 0 Å². The Morgan fingerprint density at radius 2 is 1.95 bits per heavy atom. The van der Waals surface area contributed by atoms with Crippen molar-refractivity contribution in [3.05, 3.63) is 11.8 Å². The summed E-state index contributed by atoms with van der Waals surface area (Å²) in [6, 6.07) is 0. The number of amides is 1. The molecular weight excluding hydrogens is 268 g/mol. The lowest BCUT2D eigenvalue weighted by Crippen LogP contribution is -2.37. The molecule has 1 heterocycles. The molecule has 1 aromatic heterocycles. The van der Waals surface area contributed by atoms with Crippen LogP contribution in [0.1, 0.15) is 59.2 Å². The third kappa shape index (κ3) is 6.25. The second-order valence-electron chi connectivity index (χ2n) is 6.31. The number of aromatic nitrogens is 2. The van der Waals surface area contributed by atoms with Crippen LogP contribution in [0.25, 0.3) is 0 Å². The molecule has 0 aliphatic heterocycles. The van der Waals surface area contributed by atoms with Crippen LogP contribution in [0.5, 0.6) is 0 Å². The fourth-order valence-corrected chi connectivity index (χ4v) is 1.87. The predicted octanol–water partition coefficient (Wildman–Crippen LogP) is 2.11. The lowest BCUT2D eigenvalue weighted by Gasteiger charge is -2.19. The van der Waals surface area contributed by atoms with E-state index in [1.165, 1.54) is 0 Å². The fourth-order valence-electron chi connectivity index (χ4n) is 1.87. The van der Waals surface area contributed by atoms with E-state index in [2.05, 4.69) is 22.4 Å². The van der Waals surface area contributed by atoms with E-state index in [9.17, 15) is 4.79 Å². The summed E-state index contributed by atoms with van der Waals surface area (Å²) in [5.74, 6) is 1.24. The van der Waals surface area contributed by atoms with E-state index in [-0.39, 0.29) is 11.3 Å². The van der Waals surface area contributed by atoms with Gasteiger partial charge in [0.25, 0.3) is 0 Å². The van der Waals surface area contributed by atoms with Gasteiger partial charge in [0.05, 0.1) is 13.1 Å². The lowest BCUT2D eigenvalue weighted by atomic mass is 9.97. The summed E-state index contributed by atoms with van der Waals surface area (Å²) in [6.07, 6.45) is 1.92. The summed E-state index contributed by atoms with van der Waals surface area (Å²) in [4.78, 5) is 13.9. The van der Waals surface area contributed by atoms with Crippen molar-refractivity contribution in [2.45, 2.75) is 59.4 Å². The van der Waals surface area contributed by atoms with Gasteiger partial charge in [0.1, 0.15) is 0 Å². The van der Waals surface area contributed by atoms with Gasteiger partial charge in [-0.15, -0.1) is 10.2 Å². The Bertz CT molecular complexity index is 437. The highest BCUT2D eigenvalue weighted by molar-refractivity contribution is 5.77. The first kappa shape index (κ1) is 17.6. The van der Waals surface area contributed by atoms with Gasteiger partial charge in [0.2, 0.25) is 17.7 Å². The summed E-state index contributed by atoms with van der Waals surface area (Å²) in [7, 11) is 0. The van der Waals surface area contributed by atoms with Crippen molar-refractivity contribution < 1.29 is 9.21 Å². The highest BCUT2D eigenvalue weighted by Crippen LogP contribution is 2.20. The SMILES string of the molecule is CCCNC(=O)CN(CCC)Cc1nnc(C(C)(C)C)o1. The topological polar surface area (TPSA) is 71.3 Å². The minimum Gasteiger partial charge on any atom is -0.423 e. The molecule has 0 bridgehead atoms. The molecular formula is C15H28N4O2. The number of carbonyl (C=O) groups excluding carboxylic acids is 1. The largest absolute Gasteiger partial charge is 0.423 e. The van der Waals surface area contributed by atoms with Gasteiger partial charge in [0.15, 0.2) is 0 Å². The van der Waals surface area contributed by atoms with Crippen LogP contribution >= 0.6 is 0 Å². The molecule has 0 spiro atoms. The molecule has 0 atom stereocenters. The maximum Gasteiger partial charge on any atom is 0.234 e. The molecule has 21 heavy (non-hydrogen) atoms. The molecule has 0 aliphatic carbocycles. The maximum absolute atomic E-state index is 11.8. The van der Waals surface area contributed by atoms with Crippen LogP contribution < -0.4 is 5.32 Å². The molecule has 0 aliphatic rings. The molecule has 6 nitrogen and oxygen atoms in total. The second-order valence-corrected chi connectivity index (χ2v) is 6.31. The first-order chi connectivity index (χ1) is 9.86. The molecule has 120 valence electrons. The number of hydrogen-bond acceptors (Lipinski definition) is 5. The van der Waals surface area contributed by atoms with Gasteiger partial charge in [-0.3, -0.25) is 9.69 Å². The molecule has 0 saturated heterocycles. The van der Waals surface area contributed by atoms with Crippen molar-refractivity contribution >= 4 is 5.91 Å². The van der Waals surface area contributed by atoms with Crippen LogP contribution in [0.3, 0.4) is 0 Å². The minimum atomic E-state index is -0.153. The van der Waals surface area contributed by atoms with Gasteiger partial charge in [-0.1, -0.05) is 34.6 Å². The van der Waals surface area contributed by atoms with Crippen molar-refractivity contribution in [1.82, 2.24) is 20.4 Å². The minimum absolute atomic E-state index is 0.0425. The van der Waals surface area contributed by atoms with Crippen LogP contribution in [0, 0.1) is 0 Å². The van der Waals surface area contributed by atoms with Crippen LogP contribution in [-0.4, -0.2) is 40.6 Å². The summed E-state index contributed by atoms with van der Waals surface area (Å²) in [5, 5.41) is 11.1. The molecule has 0 unspecified atom stereocenters. The normalized spacial score (nSPS) is 11.9. The van der Waals surface area contributed by atoms with Crippen molar-refractivity contribution in [3.8, 4) is 0 Å².